The molecule has 0 unspecified atom stereocenters. The van der Waals surface area contributed by atoms with Crippen molar-refractivity contribution < 1.29 is 19.2 Å². The number of carbonyl (C=O) groups is 4. The van der Waals surface area contributed by atoms with Crippen LogP contribution in [0.2, 0.25) is 15.1 Å². The first-order valence-electron chi connectivity index (χ1n) is 12.7. The van der Waals surface area contributed by atoms with Crippen LogP contribution in [0.1, 0.15) is 41.4 Å². The molecule has 0 bridgehead atoms. The standard InChI is InChI=1S/C32H16Cl3N3O4/c33-16-4-1-7-19(12-16)36-25-15-24-26-22(29(39)37(31(24)41)20-8-2-5-17(34)13-20)10-11-23-27(26)28(25)32(42)38(30(23)40)21-9-3-6-18(35)14-21/h1-15,36H. The van der Waals surface area contributed by atoms with Crippen LogP contribution in [0.3, 0.4) is 0 Å². The lowest BCUT2D eigenvalue weighted by atomic mass is 9.84. The average molecular weight is 613 g/mol. The summed E-state index contributed by atoms with van der Waals surface area (Å²) < 4.78 is 0. The fraction of sp³-hybridized carbons (Fsp3) is 0. The summed E-state index contributed by atoms with van der Waals surface area (Å²) in [7, 11) is 0. The van der Waals surface area contributed by atoms with Crippen molar-refractivity contribution in [2.24, 2.45) is 0 Å². The van der Waals surface area contributed by atoms with Crippen molar-refractivity contribution in [3.8, 4) is 0 Å². The molecule has 2 aliphatic rings. The second-order valence-electron chi connectivity index (χ2n) is 9.74. The van der Waals surface area contributed by atoms with Crippen LogP contribution < -0.4 is 15.1 Å². The molecule has 204 valence electrons. The van der Waals surface area contributed by atoms with Gasteiger partial charge >= 0.3 is 0 Å². The van der Waals surface area contributed by atoms with Crippen molar-refractivity contribution in [2.75, 3.05) is 15.1 Å². The Hall–Kier alpha value is -4.69. The summed E-state index contributed by atoms with van der Waals surface area (Å²) in [6.07, 6.45) is 0. The molecule has 1 N–H and O–H groups in total. The van der Waals surface area contributed by atoms with Gasteiger partial charge in [-0.3, -0.25) is 19.2 Å². The largest absolute Gasteiger partial charge is 0.355 e. The number of halogens is 3. The number of amides is 4. The zero-order valence-electron chi connectivity index (χ0n) is 21.3. The maximum atomic E-state index is 14.2. The van der Waals surface area contributed by atoms with E-state index >= 15 is 0 Å². The molecule has 4 amide bonds. The molecule has 0 saturated heterocycles. The highest BCUT2D eigenvalue weighted by Crippen LogP contribution is 2.44. The van der Waals surface area contributed by atoms with Gasteiger partial charge in [-0.15, -0.1) is 0 Å². The van der Waals surface area contributed by atoms with Crippen LogP contribution in [-0.2, 0) is 0 Å². The third-order valence-corrected chi connectivity index (χ3v) is 7.94. The fourth-order valence-electron chi connectivity index (χ4n) is 5.49. The van der Waals surface area contributed by atoms with Gasteiger partial charge in [0.25, 0.3) is 23.6 Å². The van der Waals surface area contributed by atoms with Gasteiger partial charge in [-0.2, -0.15) is 0 Å². The molecule has 0 spiro atoms. The Morgan fingerprint density at radius 1 is 0.500 bits per heavy atom. The van der Waals surface area contributed by atoms with Crippen molar-refractivity contribution in [1.82, 2.24) is 0 Å². The molecule has 2 heterocycles. The molecule has 0 atom stereocenters. The van der Waals surface area contributed by atoms with E-state index in [9.17, 15) is 19.2 Å². The molecular formula is C32H16Cl3N3O4. The van der Waals surface area contributed by atoms with Crippen molar-refractivity contribution in [2.45, 2.75) is 0 Å². The minimum absolute atomic E-state index is 0.127. The van der Waals surface area contributed by atoms with Gasteiger partial charge < -0.3 is 5.32 Å². The summed E-state index contributed by atoms with van der Waals surface area (Å²) in [5.41, 5.74) is 1.99. The van der Waals surface area contributed by atoms with Gasteiger partial charge in [0.15, 0.2) is 0 Å². The third kappa shape index (κ3) is 3.97. The Balaban J connectivity index is 1.52. The summed E-state index contributed by atoms with van der Waals surface area (Å²) >= 11 is 18.6. The summed E-state index contributed by atoms with van der Waals surface area (Å²) in [5.74, 6) is -2.46. The van der Waals surface area contributed by atoms with Crippen LogP contribution in [0.25, 0.3) is 10.8 Å². The minimum Gasteiger partial charge on any atom is -0.355 e. The second-order valence-corrected chi connectivity index (χ2v) is 11.1. The number of carbonyl (C=O) groups excluding carboxylic acids is 4. The van der Waals surface area contributed by atoms with E-state index < -0.39 is 23.6 Å². The molecule has 5 aromatic rings. The van der Waals surface area contributed by atoms with Gasteiger partial charge in [-0.25, -0.2) is 9.80 Å². The Kier molecular flexibility index (Phi) is 6.06. The topological polar surface area (TPSA) is 86.8 Å². The smallest absolute Gasteiger partial charge is 0.268 e. The van der Waals surface area contributed by atoms with Gasteiger partial charge in [0.1, 0.15) is 0 Å². The van der Waals surface area contributed by atoms with Crippen LogP contribution in [0.4, 0.5) is 22.7 Å². The number of imide groups is 2. The minimum atomic E-state index is -0.639. The van der Waals surface area contributed by atoms with Gasteiger partial charge in [-0.05, 0) is 72.8 Å². The fourth-order valence-corrected chi connectivity index (χ4v) is 6.05. The molecule has 0 saturated carbocycles. The van der Waals surface area contributed by atoms with Crippen LogP contribution in [-0.4, -0.2) is 23.6 Å². The Bertz CT molecular complexity index is 2060. The SMILES string of the molecule is O=C1c2ccc3c4c(c(Nc5cccc(Cl)c5)cc(c24)C(=O)N1c1cccc(Cl)c1)C(=O)N(c1cccc(Cl)c1)C3=O. The molecule has 10 heteroatoms. The van der Waals surface area contributed by atoms with E-state index in [4.69, 9.17) is 34.8 Å². The molecule has 0 fully saturated rings. The monoisotopic (exact) mass is 611 g/mol. The summed E-state index contributed by atoms with van der Waals surface area (Å²) in [5, 5.41) is 4.82. The van der Waals surface area contributed by atoms with E-state index in [1.807, 2.05) is 0 Å². The number of benzene rings is 5. The Morgan fingerprint density at radius 2 is 1.00 bits per heavy atom. The molecule has 0 radical (unpaired) electrons. The number of nitrogens with zero attached hydrogens (tertiary/aromatic N) is 2. The van der Waals surface area contributed by atoms with E-state index in [2.05, 4.69) is 5.32 Å². The molecule has 42 heavy (non-hydrogen) atoms. The van der Waals surface area contributed by atoms with Gasteiger partial charge in [-0.1, -0.05) is 53.0 Å². The van der Waals surface area contributed by atoms with Crippen LogP contribution in [0.15, 0.2) is 91.0 Å². The number of hydrogen-bond donors (Lipinski definition) is 1. The zero-order valence-corrected chi connectivity index (χ0v) is 23.6. The maximum absolute atomic E-state index is 14.2. The highest BCUT2D eigenvalue weighted by molar-refractivity contribution is 6.44. The Labute approximate surface area is 253 Å². The summed E-state index contributed by atoms with van der Waals surface area (Å²) in [6.45, 7) is 0. The predicted octanol–water partition coefficient (Wildman–Crippen LogP) is 8.14. The lowest BCUT2D eigenvalue weighted by molar-refractivity contribution is 0.0873. The third-order valence-electron chi connectivity index (χ3n) is 7.24. The van der Waals surface area contributed by atoms with Crippen molar-refractivity contribution in [3.63, 3.8) is 0 Å². The number of hydrogen-bond acceptors (Lipinski definition) is 5. The normalized spacial score (nSPS) is 14.2. The first-order chi connectivity index (χ1) is 20.2. The highest BCUT2D eigenvalue weighted by atomic mass is 35.5. The number of rotatable bonds is 4. The van der Waals surface area contributed by atoms with E-state index in [1.54, 1.807) is 60.7 Å². The highest BCUT2D eigenvalue weighted by Gasteiger charge is 2.42. The van der Waals surface area contributed by atoms with Gasteiger partial charge in [0.05, 0.1) is 28.2 Å². The molecule has 5 aromatic carbocycles. The molecular weight excluding hydrogens is 597 g/mol. The van der Waals surface area contributed by atoms with Crippen molar-refractivity contribution in [3.05, 3.63) is 128 Å². The first-order valence-corrected chi connectivity index (χ1v) is 13.8. The maximum Gasteiger partial charge on any atom is 0.268 e. The first kappa shape index (κ1) is 26.2. The van der Waals surface area contributed by atoms with Crippen LogP contribution >= 0.6 is 34.8 Å². The van der Waals surface area contributed by atoms with E-state index in [1.165, 1.54) is 30.3 Å². The van der Waals surface area contributed by atoms with Gasteiger partial charge in [0.2, 0.25) is 0 Å². The summed E-state index contributed by atoms with van der Waals surface area (Å²) in [6, 6.07) is 24.2. The molecule has 7 rings (SSSR count). The van der Waals surface area contributed by atoms with E-state index in [-0.39, 0.29) is 44.4 Å². The second kappa shape index (κ2) is 9.70. The van der Waals surface area contributed by atoms with Crippen LogP contribution in [0, 0.1) is 0 Å². The summed E-state index contributed by atoms with van der Waals surface area (Å²) in [4.78, 5) is 58.0. The van der Waals surface area contributed by atoms with Crippen LogP contribution in [0.5, 0.6) is 0 Å². The van der Waals surface area contributed by atoms with E-state index in [0.29, 0.717) is 26.4 Å². The zero-order chi connectivity index (χ0) is 29.3. The molecule has 0 aliphatic carbocycles. The van der Waals surface area contributed by atoms with Crippen molar-refractivity contribution >= 4 is 92.0 Å². The van der Waals surface area contributed by atoms with Gasteiger partial charge in [0, 0.05) is 42.7 Å². The number of nitrogens with one attached hydrogen (secondary N) is 1. The van der Waals surface area contributed by atoms with Crippen molar-refractivity contribution in [1.29, 1.82) is 0 Å². The lowest BCUT2D eigenvalue weighted by Crippen LogP contribution is -2.43. The quantitative estimate of drug-likeness (QED) is 0.207. The average Bonchev–Trinajstić information content (AvgIpc) is 2.95. The predicted molar refractivity (Wildman–Crippen MR) is 164 cm³/mol. The Morgan fingerprint density at radius 3 is 1.57 bits per heavy atom. The molecule has 2 aliphatic heterocycles. The lowest BCUT2D eigenvalue weighted by Gasteiger charge is -2.33. The number of anilines is 4. The molecule has 7 nitrogen and oxygen atoms in total. The van der Waals surface area contributed by atoms with E-state index in [0.717, 1.165) is 9.80 Å². The molecule has 0 aromatic heterocycles.